The van der Waals surface area contributed by atoms with Crippen molar-refractivity contribution in [3.8, 4) is 5.75 Å². The highest BCUT2D eigenvalue weighted by Crippen LogP contribution is 2.38. The van der Waals surface area contributed by atoms with Crippen LogP contribution < -0.4 is 10.1 Å². The topological polar surface area (TPSA) is 30.5 Å². The predicted octanol–water partition coefficient (Wildman–Crippen LogP) is 1.42. The number of benzene rings is 1. The minimum Gasteiger partial charge on any atom is -0.493 e. The van der Waals surface area contributed by atoms with Crippen LogP contribution in [0.25, 0.3) is 0 Å². The summed E-state index contributed by atoms with van der Waals surface area (Å²) in [4.78, 5) is 0. The van der Waals surface area contributed by atoms with Gasteiger partial charge in [0.05, 0.1) is 25.4 Å². The Kier molecular flexibility index (Phi) is 2.33. The Morgan fingerprint density at radius 3 is 3.06 bits per heavy atom. The van der Waals surface area contributed by atoms with E-state index in [4.69, 9.17) is 9.47 Å². The summed E-state index contributed by atoms with van der Waals surface area (Å²) in [6.45, 7) is 2.75. The molecule has 2 heterocycles. The lowest BCUT2D eigenvalue weighted by Gasteiger charge is -2.42. The maximum absolute atomic E-state index is 13.3. The van der Waals surface area contributed by atoms with E-state index in [2.05, 4.69) is 5.32 Å². The van der Waals surface area contributed by atoms with Crippen molar-refractivity contribution in [1.82, 2.24) is 5.32 Å². The van der Waals surface area contributed by atoms with Crippen molar-refractivity contribution in [3.05, 3.63) is 29.6 Å². The molecule has 0 bridgehead atoms. The van der Waals surface area contributed by atoms with Gasteiger partial charge >= 0.3 is 0 Å². The highest BCUT2D eigenvalue weighted by Gasteiger charge is 2.39. The Morgan fingerprint density at radius 1 is 1.31 bits per heavy atom. The lowest BCUT2D eigenvalue weighted by Crippen LogP contribution is -2.54. The number of ether oxygens (including phenoxy) is 2. The monoisotopic (exact) mass is 223 g/mol. The predicted molar refractivity (Wildman–Crippen MR) is 57.0 cm³/mol. The van der Waals surface area contributed by atoms with Crippen LogP contribution in [0.15, 0.2) is 18.2 Å². The summed E-state index contributed by atoms with van der Waals surface area (Å²) < 4.78 is 24.4. The number of nitrogens with one attached hydrogen (secondary N) is 1. The quantitative estimate of drug-likeness (QED) is 0.721. The average molecular weight is 223 g/mol. The molecule has 0 saturated carbocycles. The highest BCUT2D eigenvalue weighted by atomic mass is 19.1. The van der Waals surface area contributed by atoms with Crippen LogP contribution >= 0.6 is 0 Å². The lowest BCUT2D eigenvalue weighted by atomic mass is 9.84. The lowest BCUT2D eigenvalue weighted by molar-refractivity contribution is 0.00546. The fourth-order valence-corrected chi connectivity index (χ4v) is 2.47. The highest BCUT2D eigenvalue weighted by molar-refractivity contribution is 5.41. The Balaban J connectivity index is 2.06. The summed E-state index contributed by atoms with van der Waals surface area (Å²) >= 11 is 0. The van der Waals surface area contributed by atoms with Gasteiger partial charge in [0.1, 0.15) is 11.6 Å². The van der Waals surface area contributed by atoms with E-state index < -0.39 is 0 Å². The third-order valence-corrected chi connectivity index (χ3v) is 3.30. The first-order chi connectivity index (χ1) is 7.80. The number of fused-ring (bicyclic) bond motifs is 2. The molecule has 86 valence electrons. The molecule has 2 aliphatic heterocycles. The van der Waals surface area contributed by atoms with Gasteiger partial charge in [0.25, 0.3) is 0 Å². The van der Waals surface area contributed by atoms with Gasteiger partial charge in [-0.15, -0.1) is 0 Å². The molecule has 1 fully saturated rings. The van der Waals surface area contributed by atoms with Crippen molar-refractivity contribution in [2.45, 2.75) is 12.0 Å². The van der Waals surface area contributed by atoms with Crippen LogP contribution in [0, 0.1) is 5.82 Å². The number of hydrogen-bond donors (Lipinski definition) is 1. The van der Waals surface area contributed by atoms with Crippen LogP contribution in [0.5, 0.6) is 5.75 Å². The van der Waals surface area contributed by atoms with E-state index in [-0.39, 0.29) is 11.4 Å². The van der Waals surface area contributed by atoms with Gasteiger partial charge in [0.2, 0.25) is 0 Å². The zero-order valence-electron chi connectivity index (χ0n) is 8.96. The normalized spacial score (nSPS) is 28.6. The van der Waals surface area contributed by atoms with Crippen LogP contribution in [0.2, 0.25) is 0 Å². The minimum atomic E-state index is -0.256. The van der Waals surface area contributed by atoms with E-state index in [0.29, 0.717) is 19.8 Å². The number of morpholine rings is 1. The summed E-state index contributed by atoms with van der Waals surface area (Å²) in [7, 11) is 0. The Labute approximate surface area is 93.6 Å². The largest absolute Gasteiger partial charge is 0.493 e. The number of hydrogen-bond acceptors (Lipinski definition) is 3. The summed E-state index contributed by atoms with van der Waals surface area (Å²) in [5, 5.41) is 3.45. The van der Waals surface area contributed by atoms with E-state index in [0.717, 1.165) is 24.3 Å². The second-order valence-electron chi connectivity index (χ2n) is 4.30. The van der Waals surface area contributed by atoms with E-state index in [1.807, 2.05) is 0 Å². The smallest absolute Gasteiger partial charge is 0.124 e. The number of rotatable bonds is 0. The summed E-state index contributed by atoms with van der Waals surface area (Å²) in [6.07, 6.45) is 0.823. The van der Waals surface area contributed by atoms with Gasteiger partial charge in [-0.05, 0) is 18.2 Å². The SMILES string of the molecule is Fc1ccc2c(c1)[C@@]1(CCO2)COCCN1. The van der Waals surface area contributed by atoms with Gasteiger partial charge in [0.15, 0.2) is 0 Å². The van der Waals surface area contributed by atoms with Crippen molar-refractivity contribution in [2.75, 3.05) is 26.4 Å². The molecule has 3 rings (SSSR count). The molecular weight excluding hydrogens is 209 g/mol. The van der Waals surface area contributed by atoms with E-state index in [1.165, 1.54) is 6.07 Å². The Hall–Kier alpha value is -1.13. The molecule has 0 amide bonds. The molecule has 3 nitrogen and oxygen atoms in total. The summed E-state index contributed by atoms with van der Waals surface area (Å²) in [5.41, 5.74) is 0.631. The van der Waals surface area contributed by atoms with Crippen LogP contribution in [0.3, 0.4) is 0 Å². The van der Waals surface area contributed by atoms with Gasteiger partial charge in [-0.1, -0.05) is 0 Å². The van der Waals surface area contributed by atoms with Gasteiger partial charge in [-0.3, -0.25) is 0 Å². The van der Waals surface area contributed by atoms with Crippen molar-refractivity contribution < 1.29 is 13.9 Å². The molecule has 1 aromatic rings. The van der Waals surface area contributed by atoms with Crippen molar-refractivity contribution in [2.24, 2.45) is 0 Å². The molecule has 0 unspecified atom stereocenters. The minimum absolute atomic E-state index is 0.226. The van der Waals surface area contributed by atoms with Crippen LogP contribution in [-0.4, -0.2) is 26.4 Å². The maximum atomic E-state index is 13.3. The molecule has 1 N–H and O–H groups in total. The maximum Gasteiger partial charge on any atom is 0.124 e. The molecule has 0 radical (unpaired) electrons. The van der Waals surface area contributed by atoms with E-state index in [1.54, 1.807) is 12.1 Å². The molecule has 1 spiro atoms. The van der Waals surface area contributed by atoms with Crippen molar-refractivity contribution in [3.63, 3.8) is 0 Å². The molecule has 1 atom stereocenters. The van der Waals surface area contributed by atoms with Gasteiger partial charge in [-0.2, -0.15) is 0 Å². The third-order valence-electron chi connectivity index (χ3n) is 3.30. The van der Waals surface area contributed by atoms with Crippen LogP contribution in [0.1, 0.15) is 12.0 Å². The Bertz CT molecular complexity index is 402. The molecule has 1 aromatic carbocycles. The van der Waals surface area contributed by atoms with Crippen molar-refractivity contribution in [1.29, 1.82) is 0 Å². The standard InChI is InChI=1S/C12H14FNO2/c13-9-1-2-11-10(7-9)12(3-5-16-11)8-15-6-4-14-12/h1-2,7,14H,3-6,8H2/t12-/m1/s1. The third kappa shape index (κ3) is 1.49. The molecule has 16 heavy (non-hydrogen) atoms. The first kappa shape index (κ1) is 10.1. The molecule has 4 heteroatoms. The number of halogens is 1. The van der Waals surface area contributed by atoms with Gasteiger partial charge in [0, 0.05) is 18.5 Å². The van der Waals surface area contributed by atoms with Gasteiger partial charge in [-0.25, -0.2) is 4.39 Å². The molecule has 1 saturated heterocycles. The molecular formula is C12H14FNO2. The molecule has 0 aromatic heterocycles. The molecule has 2 aliphatic rings. The van der Waals surface area contributed by atoms with E-state index in [9.17, 15) is 4.39 Å². The van der Waals surface area contributed by atoms with Crippen molar-refractivity contribution >= 4 is 0 Å². The average Bonchev–Trinajstić information content (AvgIpc) is 2.32. The zero-order valence-corrected chi connectivity index (χ0v) is 8.96. The Morgan fingerprint density at radius 2 is 2.25 bits per heavy atom. The first-order valence-electron chi connectivity index (χ1n) is 5.56. The summed E-state index contributed by atoms with van der Waals surface area (Å²) in [6, 6.07) is 4.68. The second-order valence-corrected chi connectivity index (χ2v) is 4.30. The summed E-state index contributed by atoms with van der Waals surface area (Å²) in [5.74, 6) is 0.543. The first-order valence-corrected chi connectivity index (χ1v) is 5.56. The van der Waals surface area contributed by atoms with E-state index >= 15 is 0 Å². The van der Waals surface area contributed by atoms with Crippen LogP contribution in [0.4, 0.5) is 4.39 Å². The fourth-order valence-electron chi connectivity index (χ4n) is 2.47. The van der Waals surface area contributed by atoms with Gasteiger partial charge < -0.3 is 14.8 Å². The molecule has 0 aliphatic carbocycles. The fraction of sp³-hybridized carbons (Fsp3) is 0.500. The van der Waals surface area contributed by atoms with Crippen LogP contribution in [-0.2, 0) is 10.3 Å². The second kappa shape index (κ2) is 3.71. The zero-order chi connectivity index (χ0) is 11.0.